The van der Waals surface area contributed by atoms with Crippen molar-refractivity contribution in [2.75, 3.05) is 26.2 Å². The molecule has 0 aliphatic carbocycles. The van der Waals surface area contributed by atoms with E-state index >= 15 is 0 Å². The Kier molecular flexibility index (Phi) is 4.46. The molecule has 0 radical (unpaired) electrons. The van der Waals surface area contributed by atoms with Gasteiger partial charge in [-0.25, -0.2) is 9.97 Å². The van der Waals surface area contributed by atoms with Gasteiger partial charge in [-0.3, -0.25) is 9.69 Å². The van der Waals surface area contributed by atoms with Gasteiger partial charge in [-0.1, -0.05) is 5.16 Å². The van der Waals surface area contributed by atoms with Crippen LogP contribution in [0.2, 0.25) is 0 Å². The maximum absolute atomic E-state index is 12.2. The predicted octanol–water partition coefficient (Wildman–Crippen LogP) is -0.631. The average Bonchev–Trinajstić information content (AvgIpc) is 2.53. The molecule has 1 atom stereocenters. The van der Waals surface area contributed by atoms with Crippen LogP contribution in [0.4, 0.5) is 0 Å². The van der Waals surface area contributed by atoms with Crippen molar-refractivity contribution in [3.05, 3.63) is 24.3 Å². The Morgan fingerprint density at radius 3 is 2.50 bits per heavy atom. The van der Waals surface area contributed by atoms with Gasteiger partial charge in [-0.2, -0.15) is 0 Å². The summed E-state index contributed by atoms with van der Waals surface area (Å²) in [5, 5.41) is 11.7. The highest BCUT2D eigenvalue weighted by atomic mass is 16.4. The molecule has 0 spiro atoms. The summed E-state index contributed by atoms with van der Waals surface area (Å²) >= 11 is 0. The minimum atomic E-state index is -0.141. The van der Waals surface area contributed by atoms with E-state index in [2.05, 4.69) is 20.0 Å². The van der Waals surface area contributed by atoms with Crippen molar-refractivity contribution in [3.63, 3.8) is 0 Å². The van der Waals surface area contributed by atoms with Crippen LogP contribution in [0.3, 0.4) is 0 Å². The Morgan fingerprint density at radius 1 is 1.35 bits per heavy atom. The number of carbonyl (C=O) groups excluding carboxylic acids is 1. The number of nitrogens with two attached hydrogens (primary N) is 1. The Balaban J connectivity index is 1.93. The Labute approximate surface area is 116 Å². The molecular formula is C12H18N6O2. The number of aromatic nitrogens is 2. The molecule has 0 aromatic carbocycles. The summed E-state index contributed by atoms with van der Waals surface area (Å²) in [6.07, 6.45) is 4.43. The summed E-state index contributed by atoms with van der Waals surface area (Å²) in [7, 11) is 0. The lowest BCUT2D eigenvalue weighted by Gasteiger charge is -2.37. The maximum atomic E-state index is 12.2. The molecule has 1 aromatic heterocycles. The van der Waals surface area contributed by atoms with Crippen LogP contribution >= 0.6 is 0 Å². The first-order valence-electron chi connectivity index (χ1n) is 6.39. The van der Waals surface area contributed by atoms with Gasteiger partial charge in [0.15, 0.2) is 5.84 Å². The van der Waals surface area contributed by atoms with Gasteiger partial charge in [0.1, 0.15) is 6.33 Å². The van der Waals surface area contributed by atoms with Crippen molar-refractivity contribution in [2.45, 2.75) is 13.0 Å². The topological polar surface area (TPSA) is 108 Å². The zero-order chi connectivity index (χ0) is 14.5. The molecule has 108 valence electrons. The number of piperazine rings is 1. The second kappa shape index (κ2) is 6.29. The van der Waals surface area contributed by atoms with Gasteiger partial charge in [0.25, 0.3) is 5.91 Å². The summed E-state index contributed by atoms with van der Waals surface area (Å²) in [6.45, 7) is 4.42. The average molecular weight is 278 g/mol. The van der Waals surface area contributed by atoms with Gasteiger partial charge in [-0.05, 0) is 6.92 Å². The van der Waals surface area contributed by atoms with E-state index < -0.39 is 0 Å². The summed E-state index contributed by atoms with van der Waals surface area (Å²) in [5.74, 6) is 0.114. The summed E-state index contributed by atoms with van der Waals surface area (Å²) in [6, 6.07) is -0.141. The van der Waals surface area contributed by atoms with Crippen molar-refractivity contribution in [3.8, 4) is 0 Å². The lowest BCUT2D eigenvalue weighted by atomic mass is 10.2. The predicted molar refractivity (Wildman–Crippen MR) is 72.4 cm³/mol. The molecule has 1 saturated heterocycles. The third kappa shape index (κ3) is 3.02. The Bertz CT molecular complexity index is 484. The van der Waals surface area contributed by atoms with Crippen molar-refractivity contribution in [2.24, 2.45) is 10.9 Å². The van der Waals surface area contributed by atoms with Crippen LogP contribution in [0.1, 0.15) is 17.3 Å². The molecule has 20 heavy (non-hydrogen) atoms. The van der Waals surface area contributed by atoms with E-state index in [9.17, 15) is 4.79 Å². The van der Waals surface area contributed by atoms with Gasteiger partial charge < -0.3 is 15.8 Å². The zero-order valence-electron chi connectivity index (χ0n) is 11.3. The molecule has 2 heterocycles. The van der Waals surface area contributed by atoms with Crippen molar-refractivity contribution < 1.29 is 10.0 Å². The fraction of sp³-hybridized carbons (Fsp3) is 0.500. The monoisotopic (exact) mass is 278 g/mol. The number of nitrogens with zero attached hydrogens (tertiary/aromatic N) is 5. The van der Waals surface area contributed by atoms with Crippen LogP contribution in [-0.2, 0) is 0 Å². The molecule has 0 bridgehead atoms. The first-order valence-corrected chi connectivity index (χ1v) is 6.39. The van der Waals surface area contributed by atoms with E-state index in [0.29, 0.717) is 31.7 Å². The second-order valence-corrected chi connectivity index (χ2v) is 4.66. The lowest BCUT2D eigenvalue weighted by molar-refractivity contribution is 0.0618. The molecule has 8 heteroatoms. The maximum Gasteiger partial charge on any atom is 0.257 e. The quantitative estimate of drug-likeness (QED) is 0.330. The molecule has 1 aromatic rings. The van der Waals surface area contributed by atoms with Crippen molar-refractivity contribution in [1.29, 1.82) is 0 Å². The summed E-state index contributed by atoms with van der Waals surface area (Å²) in [4.78, 5) is 23.7. The van der Waals surface area contributed by atoms with Crippen molar-refractivity contribution >= 4 is 11.7 Å². The molecule has 2 rings (SSSR count). The molecule has 1 aliphatic rings. The molecule has 0 saturated carbocycles. The normalized spacial score (nSPS) is 18.9. The SMILES string of the molecule is CC(C(N)=NO)N1CCN(C(=O)c2cncnc2)CC1. The Morgan fingerprint density at radius 2 is 1.95 bits per heavy atom. The van der Waals surface area contributed by atoms with Crippen LogP contribution in [-0.4, -0.2) is 68.9 Å². The standard InChI is InChI=1S/C12H18N6O2/c1-9(11(13)16-20)17-2-4-18(5-3-17)12(19)10-6-14-8-15-7-10/h6-9,20H,2-5H2,1H3,(H2,13,16). The first-order chi connectivity index (χ1) is 9.63. The third-order valence-electron chi connectivity index (χ3n) is 3.50. The number of rotatable bonds is 3. The first kappa shape index (κ1) is 14.2. The molecule has 1 unspecified atom stereocenters. The molecule has 1 aliphatic heterocycles. The van der Waals surface area contributed by atoms with Crippen LogP contribution in [0, 0.1) is 0 Å². The zero-order valence-corrected chi connectivity index (χ0v) is 11.3. The van der Waals surface area contributed by atoms with E-state index in [1.165, 1.54) is 18.7 Å². The van der Waals surface area contributed by atoms with Gasteiger partial charge in [0, 0.05) is 38.6 Å². The second-order valence-electron chi connectivity index (χ2n) is 4.66. The molecule has 8 nitrogen and oxygen atoms in total. The van der Waals surface area contributed by atoms with Gasteiger partial charge in [0.05, 0.1) is 11.6 Å². The number of amides is 1. The third-order valence-corrected chi connectivity index (χ3v) is 3.50. The smallest absolute Gasteiger partial charge is 0.257 e. The highest BCUT2D eigenvalue weighted by molar-refractivity contribution is 5.93. The fourth-order valence-corrected chi connectivity index (χ4v) is 2.18. The van der Waals surface area contributed by atoms with Crippen LogP contribution < -0.4 is 5.73 Å². The van der Waals surface area contributed by atoms with Gasteiger partial charge in [0.2, 0.25) is 0 Å². The van der Waals surface area contributed by atoms with E-state index in [0.717, 1.165) is 0 Å². The number of carbonyl (C=O) groups is 1. The van der Waals surface area contributed by atoms with E-state index in [1.807, 2.05) is 6.92 Å². The van der Waals surface area contributed by atoms with E-state index in [-0.39, 0.29) is 17.8 Å². The molecule has 1 amide bonds. The minimum Gasteiger partial charge on any atom is -0.409 e. The largest absolute Gasteiger partial charge is 0.409 e. The minimum absolute atomic E-state index is 0.0679. The van der Waals surface area contributed by atoms with Gasteiger partial charge in [-0.15, -0.1) is 0 Å². The molecule has 3 N–H and O–H groups in total. The van der Waals surface area contributed by atoms with Crippen LogP contribution in [0.15, 0.2) is 23.9 Å². The Hall–Kier alpha value is -2.22. The number of amidine groups is 1. The van der Waals surface area contributed by atoms with Gasteiger partial charge >= 0.3 is 0 Å². The highest BCUT2D eigenvalue weighted by Crippen LogP contribution is 2.09. The lowest BCUT2D eigenvalue weighted by Crippen LogP contribution is -2.54. The number of hydrogen-bond donors (Lipinski definition) is 2. The van der Waals surface area contributed by atoms with Crippen LogP contribution in [0.5, 0.6) is 0 Å². The molecule has 1 fully saturated rings. The van der Waals surface area contributed by atoms with Crippen LogP contribution in [0.25, 0.3) is 0 Å². The summed E-state index contributed by atoms with van der Waals surface area (Å²) in [5.41, 5.74) is 6.09. The molecular weight excluding hydrogens is 260 g/mol. The fourth-order valence-electron chi connectivity index (χ4n) is 2.18. The summed E-state index contributed by atoms with van der Waals surface area (Å²) < 4.78 is 0. The van der Waals surface area contributed by atoms with E-state index in [1.54, 1.807) is 4.90 Å². The number of oxime groups is 1. The highest BCUT2D eigenvalue weighted by Gasteiger charge is 2.26. The van der Waals surface area contributed by atoms with E-state index in [4.69, 9.17) is 10.9 Å². The van der Waals surface area contributed by atoms with Crippen molar-refractivity contribution in [1.82, 2.24) is 19.8 Å². The number of hydrogen-bond acceptors (Lipinski definition) is 6.